The van der Waals surface area contributed by atoms with Crippen molar-refractivity contribution in [3.8, 4) is 0 Å². The number of nitrogens with two attached hydrogens (primary N) is 1. The Morgan fingerprint density at radius 2 is 1.79 bits per heavy atom. The van der Waals surface area contributed by atoms with Gasteiger partial charge in [-0.3, -0.25) is 4.79 Å². The van der Waals surface area contributed by atoms with E-state index in [0.717, 1.165) is 24.8 Å². The molecule has 3 nitrogen and oxygen atoms in total. The van der Waals surface area contributed by atoms with E-state index in [1.165, 1.54) is 11.1 Å². The van der Waals surface area contributed by atoms with E-state index in [1.54, 1.807) is 6.92 Å². The average molecular weight is 345 g/mol. The van der Waals surface area contributed by atoms with Gasteiger partial charge in [0.1, 0.15) is 0 Å². The van der Waals surface area contributed by atoms with Crippen molar-refractivity contribution in [3.05, 3.63) is 71.3 Å². The summed E-state index contributed by atoms with van der Waals surface area (Å²) in [5, 5.41) is 3.18. The van der Waals surface area contributed by atoms with Gasteiger partial charge in [-0.25, -0.2) is 0 Å². The SMILES string of the molecule is CC(N)C(=O)NC(c1ccccc1)C1CCCc2ccccc21.Cl. The first-order chi connectivity index (χ1) is 11.2. The maximum atomic E-state index is 12.2. The molecule has 3 unspecified atom stereocenters. The van der Waals surface area contributed by atoms with E-state index in [2.05, 4.69) is 41.7 Å². The van der Waals surface area contributed by atoms with Crippen LogP contribution < -0.4 is 11.1 Å². The zero-order valence-electron chi connectivity index (χ0n) is 13.9. The van der Waals surface area contributed by atoms with E-state index < -0.39 is 6.04 Å². The molecule has 24 heavy (non-hydrogen) atoms. The van der Waals surface area contributed by atoms with Crippen LogP contribution >= 0.6 is 12.4 Å². The molecular formula is C20H25ClN2O. The van der Waals surface area contributed by atoms with E-state index in [9.17, 15) is 4.79 Å². The first-order valence-electron chi connectivity index (χ1n) is 8.35. The molecule has 3 rings (SSSR count). The molecule has 2 aromatic rings. The van der Waals surface area contributed by atoms with Crippen LogP contribution in [0.15, 0.2) is 54.6 Å². The molecule has 1 aliphatic rings. The number of carbonyl (C=O) groups is 1. The van der Waals surface area contributed by atoms with Crippen molar-refractivity contribution in [2.24, 2.45) is 5.73 Å². The summed E-state index contributed by atoms with van der Waals surface area (Å²) in [4.78, 5) is 12.2. The summed E-state index contributed by atoms with van der Waals surface area (Å²) in [6, 6.07) is 18.3. The topological polar surface area (TPSA) is 55.1 Å². The second kappa shape index (κ2) is 8.32. The smallest absolute Gasteiger partial charge is 0.237 e. The van der Waals surface area contributed by atoms with Crippen LogP contribution in [-0.2, 0) is 11.2 Å². The first kappa shape index (κ1) is 18.5. The number of hydrogen-bond acceptors (Lipinski definition) is 2. The second-order valence-corrected chi connectivity index (χ2v) is 6.38. The third kappa shape index (κ3) is 3.97. The molecule has 0 fully saturated rings. The largest absolute Gasteiger partial charge is 0.347 e. The Hall–Kier alpha value is -1.84. The van der Waals surface area contributed by atoms with Crippen LogP contribution in [-0.4, -0.2) is 11.9 Å². The lowest BCUT2D eigenvalue weighted by Crippen LogP contribution is -2.42. The van der Waals surface area contributed by atoms with Gasteiger partial charge >= 0.3 is 0 Å². The van der Waals surface area contributed by atoms with E-state index >= 15 is 0 Å². The number of carbonyl (C=O) groups excluding carboxylic acids is 1. The molecule has 3 atom stereocenters. The van der Waals surface area contributed by atoms with Gasteiger partial charge in [0.2, 0.25) is 5.91 Å². The van der Waals surface area contributed by atoms with E-state index in [1.807, 2.05) is 18.2 Å². The molecule has 1 aliphatic carbocycles. The highest BCUT2D eigenvalue weighted by Gasteiger charge is 2.30. The molecule has 0 radical (unpaired) electrons. The van der Waals surface area contributed by atoms with Gasteiger partial charge in [0.15, 0.2) is 0 Å². The van der Waals surface area contributed by atoms with Gasteiger partial charge in [-0.15, -0.1) is 12.4 Å². The third-order valence-electron chi connectivity index (χ3n) is 4.69. The highest BCUT2D eigenvalue weighted by atomic mass is 35.5. The van der Waals surface area contributed by atoms with Gasteiger partial charge in [0, 0.05) is 5.92 Å². The number of nitrogens with one attached hydrogen (secondary N) is 1. The lowest BCUT2D eigenvalue weighted by atomic mass is 9.76. The number of benzene rings is 2. The lowest BCUT2D eigenvalue weighted by Gasteiger charge is -2.33. The Morgan fingerprint density at radius 1 is 1.12 bits per heavy atom. The number of fused-ring (bicyclic) bond motifs is 1. The van der Waals surface area contributed by atoms with Crippen molar-refractivity contribution >= 4 is 18.3 Å². The highest BCUT2D eigenvalue weighted by molar-refractivity contribution is 5.85. The summed E-state index contributed by atoms with van der Waals surface area (Å²) >= 11 is 0. The fourth-order valence-electron chi connectivity index (χ4n) is 3.50. The van der Waals surface area contributed by atoms with E-state index in [0.29, 0.717) is 5.92 Å². The van der Waals surface area contributed by atoms with Crippen LogP contribution in [0.25, 0.3) is 0 Å². The van der Waals surface area contributed by atoms with Crippen molar-refractivity contribution in [1.29, 1.82) is 0 Å². The fraction of sp³-hybridized carbons (Fsp3) is 0.350. The monoisotopic (exact) mass is 344 g/mol. The minimum absolute atomic E-state index is 0. The summed E-state index contributed by atoms with van der Waals surface area (Å²) in [5.41, 5.74) is 9.68. The molecule has 1 amide bonds. The van der Waals surface area contributed by atoms with Crippen LogP contribution in [0, 0.1) is 0 Å². The molecule has 0 aliphatic heterocycles. The minimum atomic E-state index is -0.500. The molecule has 0 spiro atoms. The predicted octanol–water partition coefficient (Wildman–Crippen LogP) is 3.73. The van der Waals surface area contributed by atoms with Gasteiger partial charge in [0.25, 0.3) is 0 Å². The second-order valence-electron chi connectivity index (χ2n) is 6.38. The van der Waals surface area contributed by atoms with Crippen LogP contribution in [0.3, 0.4) is 0 Å². The van der Waals surface area contributed by atoms with Crippen LogP contribution in [0.5, 0.6) is 0 Å². The third-order valence-corrected chi connectivity index (χ3v) is 4.69. The average Bonchev–Trinajstić information content (AvgIpc) is 2.59. The maximum absolute atomic E-state index is 12.2. The zero-order valence-corrected chi connectivity index (χ0v) is 14.8. The van der Waals surface area contributed by atoms with Crippen molar-refractivity contribution in [3.63, 3.8) is 0 Å². The molecule has 0 saturated heterocycles. The summed E-state index contributed by atoms with van der Waals surface area (Å²) in [5.74, 6) is 0.201. The van der Waals surface area contributed by atoms with Crippen molar-refractivity contribution in [1.82, 2.24) is 5.32 Å². The normalized spacial score (nSPS) is 18.7. The van der Waals surface area contributed by atoms with Gasteiger partial charge in [-0.1, -0.05) is 54.6 Å². The first-order valence-corrected chi connectivity index (χ1v) is 8.35. The van der Waals surface area contributed by atoms with E-state index in [-0.39, 0.29) is 24.4 Å². The quantitative estimate of drug-likeness (QED) is 0.887. The van der Waals surface area contributed by atoms with Crippen LogP contribution in [0.4, 0.5) is 0 Å². The van der Waals surface area contributed by atoms with Gasteiger partial charge < -0.3 is 11.1 Å². The van der Waals surface area contributed by atoms with Gasteiger partial charge in [-0.2, -0.15) is 0 Å². The molecule has 4 heteroatoms. The number of rotatable bonds is 4. The Kier molecular flexibility index (Phi) is 6.41. The minimum Gasteiger partial charge on any atom is -0.347 e. The number of aryl methyl sites for hydroxylation is 1. The van der Waals surface area contributed by atoms with Gasteiger partial charge in [0.05, 0.1) is 12.1 Å². The molecule has 0 heterocycles. The molecule has 128 valence electrons. The Labute approximate surface area is 150 Å². The molecule has 0 saturated carbocycles. The molecule has 0 bridgehead atoms. The standard InChI is InChI=1S/C20H24N2O.ClH/c1-14(21)20(23)22-19(16-9-3-2-4-10-16)18-13-7-11-15-8-5-6-12-17(15)18;/h2-6,8-10,12,14,18-19H,7,11,13,21H2,1H3,(H,22,23);1H. The molecule has 2 aromatic carbocycles. The zero-order chi connectivity index (χ0) is 16.2. The molecular weight excluding hydrogens is 320 g/mol. The number of halogens is 1. The van der Waals surface area contributed by atoms with Crippen LogP contribution in [0.2, 0.25) is 0 Å². The van der Waals surface area contributed by atoms with Crippen molar-refractivity contribution < 1.29 is 4.79 Å². The summed E-state index contributed by atoms with van der Waals surface area (Å²) in [6.07, 6.45) is 3.35. The molecule has 0 aromatic heterocycles. The number of hydrogen-bond donors (Lipinski definition) is 2. The predicted molar refractivity (Wildman–Crippen MR) is 100 cm³/mol. The Morgan fingerprint density at radius 3 is 2.50 bits per heavy atom. The van der Waals surface area contributed by atoms with E-state index in [4.69, 9.17) is 5.73 Å². The Bertz CT molecular complexity index is 672. The number of amides is 1. The maximum Gasteiger partial charge on any atom is 0.237 e. The molecule has 3 N–H and O–H groups in total. The van der Waals surface area contributed by atoms with Gasteiger partial charge in [-0.05, 0) is 42.9 Å². The van der Waals surface area contributed by atoms with Crippen molar-refractivity contribution in [2.75, 3.05) is 0 Å². The fourth-order valence-corrected chi connectivity index (χ4v) is 3.50. The summed E-state index contributed by atoms with van der Waals surface area (Å²) < 4.78 is 0. The highest BCUT2D eigenvalue weighted by Crippen LogP contribution is 2.40. The summed E-state index contributed by atoms with van der Waals surface area (Å²) in [6.45, 7) is 1.73. The van der Waals surface area contributed by atoms with Crippen LogP contribution in [0.1, 0.15) is 48.4 Å². The Balaban J connectivity index is 0.00000208. The lowest BCUT2D eigenvalue weighted by molar-refractivity contribution is -0.122. The van der Waals surface area contributed by atoms with Crippen molar-refractivity contribution in [2.45, 2.75) is 44.2 Å². The summed E-state index contributed by atoms with van der Waals surface area (Å²) in [7, 11) is 0.